The number of nitrogens with one attached hydrogen (secondary N) is 1. The van der Waals surface area contributed by atoms with E-state index in [1.54, 1.807) is 24.4 Å². The van der Waals surface area contributed by atoms with Gasteiger partial charge in [-0.15, -0.1) is 11.3 Å². The number of Topliss-reactive ketones (excluding diaryl/α,β-unsaturated/α-hetero) is 1. The Balaban J connectivity index is 1.64. The minimum Gasteiger partial charge on any atom is -0.508 e. The number of piperidine rings is 1. The average Bonchev–Trinajstić information content (AvgIpc) is 3.69. The van der Waals surface area contributed by atoms with E-state index in [9.17, 15) is 29.4 Å². The first-order chi connectivity index (χ1) is 27.6. The average molecular weight is 819 g/mol. The Labute approximate surface area is 347 Å². The van der Waals surface area contributed by atoms with E-state index in [0.717, 1.165) is 43.4 Å². The molecular weight excluding hydrogens is 757 g/mol. The number of thiazole rings is 1. The number of rotatable bonds is 21. The molecule has 58 heavy (non-hydrogen) atoms. The third kappa shape index (κ3) is 13.2. The number of hydrogen-bond acceptors (Lipinski definition) is 10. The second-order valence-electron chi connectivity index (χ2n) is 16.3. The van der Waals surface area contributed by atoms with Crippen LogP contribution in [0.2, 0.25) is 0 Å². The predicted molar refractivity (Wildman–Crippen MR) is 224 cm³/mol. The molecule has 4 rings (SSSR count). The zero-order valence-corrected chi connectivity index (χ0v) is 35.9. The van der Waals surface area contributed by atoms with Crippen molar-refractivity contribution in [1.29, 1.82) is 0 Å². The largest absolute Gasteiger partial charge is 0.508 e. The summed E-state index contributed by atoms with van der Waals surface area (Å²) >= 11 is 1.17. The van der Waals surface area contributed by atoms with Crippen molar-refractivity contribution >= 4 is 40.9 Å². The van der Waals surface area contributed by atoms with Gasteiger partial charge in [0, 0.05) is 49.7 Å². The lowest BCUT2D eigenvalue weighted by atomic mass is 9.82. The highest BCUT2D eigenvalue weighted by Crippen LogP contribution is 2.34. The summed E-state index contributed by atoms with van der Waals surface area (Å²) in [5.74, 6) is -3.37. The van der Waals surface area contributed by atoms with E-state index in [-0.39, 0.29) is 60.3 Å². The first kappa shape index (κ1) is 46.1. The second kappa shape index (κ2) is 21.9. The van der Waals surface area contributed by atoms with Gasteiger partial charge in [-0.1, -0.05) is 89.9 Å². The summed E-state index contributed by atoms with van der Waals surface area (Å²) in [5.41, 5.74) is 1.83. The number of carbonyl (C=O) groups excluding carboxylic acids is 4. The van der Waals surface area contributed by atoms with Gasteiger partial charge in [-0.25, -0.2) is 4.98 Å². The fourth-order valence-corrected chi connectivity index (χ4v) is 8.66. The first-order valence-electron chi connectivity index (χ1n) is 20.6. The second-order valence-corrected chi connectivity index (χ2v) is 17.2. The zero-order valence-electron chi connectivity index (χ0n) is 35.1. The lowest BCUT2D eigenvalue weighted by Crippen LogP contribution is -2.49. The molecule has 0 radical (unpaired) electrons. The number of aromatic hydroxyl groups is 1. The van der Waals surface area contributed by atoms with Gasteiger partial charge >= 0.3 is 11.9 Å². The lowest BCUT2D eigenvalue weighted by Gasteiger charge is -2.40. The van der Waals surface area contributed by atoms with E-state index in [1.165, 1.54) is 30.4 Å². The monoisotopic (exact) mass is 818 g/mol. The van der Waals surface area contributed by atoms with Crippen LogP contribution in [0, 0.1) is 23.7 Å². The number of carboxylic acid groups (broad SMARTS) is 1. The van der Waals surface area contributed by atoms with Gasteiger partial charge in [0.15, 0.2) is 11.9 Å². The lowest BCUT2D eigenvalue weighted by molar-refractivity contribution is -0.150. The Kier molecular flexibility index (Phi) is 17.4. The number of likely N-dealkylation sites (tertiary alicyclic amines) is 1. The Hall–Kier alpha value is -4.62. The molecule has 1 saturated heterocycles. The highest BCUT2D eigenvalue weighted by molar-refractivity contribution is 7.09. The number of carbonyl (C=O) groups is 5. The summed E-state index contributed by atoms with van der Waals surface area (Å²) in [7, 11) is 1.98. The molecule has 1 aliphatic heterocycles. The summed E-state index contributed by atoms with van der Waals surface area (Å²) in [5, 5.41) is 24.3. The molecule has 13 heteroatoms. The number of benzene rings is 2. The zero-order chi connectivity index (χ0) is 42.5. The van der Waals surface area contributed by atoms with Crippen molar-refractivity contribution < 1.29 is 38.9 Å². The van der Waals surface area contributed by atoms with Crippen molar-refractivity contribution in [3.05, 3.63) is 81.8 Å². The molecule has 2 amide bonds. The van der Waals surface area contributed by atoms with E-state index in [1.807, 2.05) is 70.0 Å². The van der Waals surface area contributed by atoms with Gasteiger partial charge in [0.05, 0.1) is 12.0 Å². The minimum absolute atomic E-state index is 0.0583. The maximum absolute atomic E-state index is 15.0. The molecule has 0 aliphatic carbocycles. The van der Waals surface area contributed by atoms with Crippen molar-refractivity contribution in [2.75, 3.05) is 13.6 Å². The van der Waals surface area contributed by atoms with Crippen molar-refractivity contribution in [3.63, 3.8) is 0 Å². The molecular formula is C45H62N4O8S. The SMILES string of the molecule is CCC(C)C(CC(=O)C1CCCCN1C)C(=O)N(Cc1ccccc1)[C@H](C[C@@H](OC(C)=O)c1nc(C(=O)N[C@@H](Cc2ccc(O)cc2)C[C@H](C)C(=O)O)cs1)C(C)C. The van der Waals surface area contributed by atoms with Crippen molar-refractivity contribution in [3.8, 4) is 5.75 Å². The van der Waals surface area contributed by atoms with E-state index in [0.29, 0.717) is 18.0 Å². The number of amides is 2. The molecule has 1 aromatic heterocycles. The number of nitrogens with zero attached hydrogens (tertiary/aromatic N) is 3. The number of esters is 1. The van der Waals surface area contributed by atoms with E-state index >= 15 is 4.79 Å². The summed E-state index contributed by atoms with van der Waals surface area (Å²) in [6.45, 7) is 12.2. The van der Waals surface area contributed by atoms with Crippen LogP contribution in [0.3, 0.4) is 0 Å². The van der Waals surface area contributed by atoms with Crippen molar-refractivity contribution in [1.82, 2.24) is 20.1 Å². The van der Waals surface area contributed by atoms with Gasteiger partial charge in [0.2, 0.25) is 5.91 Å². The fourth-order valence-electron chi connectivity index (χ4n) is 7.82. The number of phenolic OH excluding ortho intramolecular Hbond substituents is 1. The molecule has 3 unspecified atom stereocenters. The number of likely N-dealkylation sites (N-methyl/N-ethyl adjacent to an activating group) is 1. The third-order valence-electron chi connectivity index (χ3n) is 11.5. The van der Waals surface area contributed by atoms with Gasteiger partial charge < -0.3 is 25.2 Å². The molecule has 2 heterocycles. The van der Waals surface area contributed by atoms with Crippen LogP contribution in [0.5, 0.6) is 5.75 Å². The molecule has 3 N–H and O–H groups in total. The Bertz CT molecular complexity index is 1820. The smallest absolute Gasteiger partial charge is 0.306 e. The summed E-state index contributed by atoms with van der Waals surface area (Å²) in [6, 6.07) is 15.0. The predicted octanol–water partition coefficient (Wildman–Crippen LogP) is 7.45. The number of carboxylic acids is 1. The van der Waals surface area contributed by atoms with Gasteiger partial charge in [0.1, 0.15) is 16.5 Å². The summed E-state index contributed by atoms with van der Waals surface area (Å²) in [4.78, 5) is 75.6. The van der Waals surface area contributed by atoms with Crippen LogP contribution in [0.1, 0.15) is 119 Å². The molecule has 7 atom stereocenters. The number of aromatic nitrogens is 1. The maximum atomic E-state index is 15.0. The van der Waals surface area contributed by atoms with Crippen LogP contribution in [0.4, 0.5) is 0 Å². The number of ether oxygens (including phenoxy) is 1. The Morgan fingerprint density at radius 1 is 0.983 bits per heavy atom. The summed E-state index contributed by atoms with van der Waals surface area (Å²) in [6.07, 6.45) is 3.51. The standard InChI is InChI=1S/C45H62N4O8S/c1-8-29(4)36(24-40(52)38-16-12-13-21-48(38)7)44(54)49(26-33-14-10-9-11-15-33)39(28(2)3)25-41(57-31(6)50)43-47-37(27-58-43)42(53)46-34(22-30(5)45(55)56)23-32-17-19-35(51)20-18-32/h9-11,14-15,17-20,27-30,34,36,38-39,41,51H,8,12-13,16,21-26H2,1-7H3,(H,46,53)(H,55,56)/t29?,30-,34+,36?,38?,39+,41+/m0/s1. The molecule has 0 spiro atoms. The third-order valence-corrected chi connectivity index (χ3v) is 12.4. The number of aliphatic carboxylic acids is 1. The van der Waals surface area contributed by atoms with Gasteiger partial charge in [-0.05, 0) is 74.4 Å². The number of phenols is 1. The van der Waals surface area contributed by atoms with Crippen LogP contribution in [0.25, 0.3) is 0 Å². The van der Waals surface area contributed by atoms with Crippen LogP contribution >= 0.6 is 11.3 Å². The molecule has 1 aliphatic rings. The van der Waals surface area contributed by atoms with Crippen LogP contribution in [-0.4, -0.2) is 86.3 Å². The number of ketones is 1. The van der Waals surface area contributed by atoms with Gasteiger partial charge in [0.25, 0.3) is 5.91 Å². The first-order valence-corrected chi connectivity index (χ1v) is 21.5. The maximum Gasteiger partial charge on any atom is 0.306 e. The van der Waals surface area contributed by atoms with E-state index in [4.69, 9.17) is 4.74 Å². The van der Waals surface area contributed by atoms with E-state index in [2.05, 4.69) is 15.2 Å². The molecule has 3 aromatic rings. The van der Waals surface area contributed by atoms with Crippen LogP contribution in [0.15, 0.2) is 60.0 Å². The highest BCUT2D eigenvalue weighted by atomic mass is 32.1. The quantitative estimate of drug-likeness (QED) is 0.0919. The molecule has 12 nitrogen and oxygen atoms in total. The van der Waals surface area contributed by atoms with Crippen LogP contribution in [-0.2, 0) is 36.9 Å². The number of hydrogen-bond donors (Lipinski definition) is 3. The van der Waals surface area contributed by atoms with Gasteiger partial charge in [-0.2, -0.15) is 0 Å². The Morgan fingerprint density at radius 3 is 2.28 bits per heavy atom. The minimum atomic E-state index is -0.983. The van der Waals surface area contributed by atoms with E-state index < -0.39 is 47.9 Å². The van der Waals surface area contributed by atoms with Gasteiger partial charge in [-0.3, -0.25) is 28.9 Å². The molecule has 2 aromatic carbocycles. The molecule has 316 valence electrons. The molecule has 0 saturated carbocycles. The van der Waals surface area contributed by atoms with Crippen molar-refractivity contribution in [2.24, 2.45) is 23.7 Å². The summed E-state index contributed by atoms with van der Waals surface area (Å²) < 4.78 is 5.92. The normalized spacial score (nSPS) is 17.7. The highest BCUT2D eigenvalue weighted by Gasteiger charge is 2.39. The fraction of sp³-hybridized carbons (Fsp3) is 0.556. The van der Waals surface area contributed by atoms with Crippen molar-refractivity contribution in [2.45, 2.75) is 124 Å². The molecule has 1 fully saturated rings. The van der Waals surface area contributed by atoms with Crippen LogP contribution < -0.4 is 5.32 Å². The topological polar surface area (TPSA) is 166 Å². The Morgan fingerprint density at radius 2 is 1.67 bits per heavy atom. The molecule has 0 bridgehead atoms.